The minimum absolute atomic E-state index is 0.00709. The number of rotatable bonds is 5. The van der Waals surface area contributed by atoms with Gasteiger partial charge in [-0.25, -0.2) is 0 Å². The normalized spacial score (nSPS) is 15.3. The van der Waals surface area contributed by atoms with Crippen LogP contribution in [0.5, 0.6) is 5.75 Å². The fourth-order valence-electron chi connectivity index (χ4n) is 3.07. The zero-order valence-corrected chi connectivity index (χ0v) is 16.8. The molecule has 0 spiro atoms. The summed E-state index contributed by atoms with van der Waals surface area (Å²) in [6.45, 7) is 0.427. The highest BCUT2D eigenvalue weighted by atomic mass is 32.1. The zero-order chi connectivity index (χ0) is 20.9. The number of anilines is 1. The van der Waals surface area contributed by atoms with E-state index in [4.69, 9.17) is 17.0 Å². The molecule has 2 amide bonds. The Balaban J connectivity index is 1.58. The van der Waals surface area contributed by atoms with Crippen LogP contribution >= 0.6 is 12.2 Å². The molecule has 1 aliphatic rings. The van der Waals surface area contributed by atoms with Crippen LogP contribution in [0.25, 0.3) is 6.08 Å². The third-order valence-electron chi connectivity index (χ3n) is 4.53. The first-order chi connectivity index (χ1) is 14.6. The van der Waals surface area contributed by atoms with Crippen LogP contribution in [0.1, 0.15) is 11.1 Å². The van der Waals surface area contributed by atoms with E-state index in [1.54, 1.807) is 36.4 Å². The van der Waals surface area contributed by atoms with Crippen LogP contribution in [0.15, 0.2) is 90.5 Å². The summed E-state index contributed by atoms with van der Waals surface area (Å²) < 4.78 is 5.84. The van der Waals surface area contributed by atoms with E-state index in [0.717, 1.165) is 5.56 Å². The first-order valence-electron chi connectivity index (χ1n) is 9.35. The van der Waals surface area contributed by atoms with Gasteiger partial charge in [-0.15, -0.1) is 0 Å². The lowest BCUT2D eigenvalue weighted by Gasteiger charge is -2.28. The maximum Gasteiger partial charge on any atom is 0.270 e. The van der Waals surface area contributed by atoms with Gasteiger partial charge in [-0.05, 0) is 53.7 Å². The SMILES string of the molecule is O=C1NC(=S)N(c2ccccc2)C(=O)/C1=C/c1cccc(OCc2ccccc2)c1. The molecule has 6 heteroatoms. The second-order valence-electron chi connectivity index (χ2n) is 6.64. The number of hydrogen-bond acceptors (Lipinski definition) is 4. The van der Waals surface area contributed by atoms with Gasteiger partial charge in [0.05, 0.1) is 5.69 Å². The fraction of sp³-hybridized carbons (Fsp3) is 0.0417. The van der Waals surface area contributed by atoms with Crippen LogP contribution in [0.4, 0.5) is 5.69 Å². The summed E-state index contributed by atoms with van der Waals surface area (Å²) in [6, 6.07) is 26.0. The van der Waals surface area contributed by atoms with Crippen molar-refractivity contribution in [3.63, 3.8) is 0 Å². The van der Waals surface area contributed by atoms with E-state index in [0.29, 0.717) is 23.6 Å². The number of benzene rings is 3. The van der Waals surface area contributed by atoms with Gasteiger partial charge in [0, 0.05) is 0 Å². The van der Waals surface area contributed by atoms with Gasteiger partial charge in [0.1, 0.15) is 17.9 Å². The average Bonchev–Trinajstić information content (AvgIpc) is 2.77. The number of ether oxygens (including phenoxy) is 1. The van der Waals surface area contributed by atoms with Crippen LogP contribution in [0, 0.1) is 0 Å². The third kappa shape index (κ3) is 4.29. The van der Waals surface area contributed by atoms with Crippen LogP contribution in [-0.4, -0.2) is 16.9 Å². The van der Waals surface area contributed by atoms with Crippen molar-refractivity contribution >= 4 is 40.9 Å². The Morgan fingerprint density at radius 3 is 2.33 bits per heavy atom. The molecule has 1 fully saturated rings. The molecule has 0 unspecified atom stereocenters. The van der Waals surface area contributed by atoms with Crippen LogP contribution < -0.4 is 15.0 Å². The lowest BCUT2D eigenvalue weighted by Crippen LogP contribution is -2.54. The summed E-state index contributed by atoms with van der Waals surface area (Å²) >= 11 is 5.21. The molecule has 5 nitrogen and oxygen atoms in total. The van der Waals surface area contributed by atoms with Crippen molar-refractivity contribution in [3.05, 3.63) is 102 Å². The highest BCUT2D eigenvalue weighted by Gasteiger charge is 2.34. The topological polar surface area (TPSA) is 58.6 Å². The summed E-state index contributed by atoms with van der Waals surface area (Å²) in [5.41, 5.74) is 2.33. The van der Waals surface area contributed by atoms with Crippen molar-refractivity contribution in [1.82, 2.24) is 5.32 Å². The maximum atomic E-state index is 13.0. The Morgan fingerprint density at radius 2 is 1.60 bits per heavy atom. The quantitative estimate of drug-likeness (QED) is 0.388. The smallest absolute Gasteiger partial charge is 0.270 e. The monoisotopic (exact) mass is 414 g/mol. The van der Waals surface area contributed by atoms with Gasteiger partial charge < -0.3 is 4.74 Å². The average molecular weight is 414 g/mol. The molecule has 3 aromatic carbocycles. The lowest BCUT2D eigenvalue weighted by molar-refractivity contribution is -0.122. The summed E-state index contributed by atoms with van der Waals surface area (Å²) in [5, 5.41) is 2.65. The molecule has 3 aromatic rings. The Labute approximate surface area is 179 Å². The van der Waals surface area contributed by atoms with E-state index in [1.807, 2.05) is 54.6 Å². The maximum absolute atomic E-state index is 13.0. The van der Waals surface area contributed by atoms with Crippen LogP contribution in [-0.2, 0) is 16.2 Å². The highest BCUT2D eigenvalue weighted by Crippen LogP contribution is 2.23. The molecular weight excluding hydrogens is 396 g/mol. The van der Waals surface area contributed by atoms with Gasteiger partial charge in [0.2, 0.25) is 0 Å². The van der Waals surface area contributed by atoms with E-state index >= 15 is 0 Å². The molecule has 0 saturated carbocycles. The van der Waals surface area contributed by atoms with Crippen molar-refractivity contribution in [3.8, 4) is 5.75 Å². The van der Waals surface area contributed by atoms with Crippen molar-refractivity contribution < 1.29 is 14.3 Å². The summed E-state index contributed by atoms with van der Waals surface area (Å²) in [4.78, 5) is 26.8. The molecule has 0 atom stereocenters. The van der Waals surface area contributed by atoms with Crippen molar-refractivity contribution in [2.24, 2.45) is 0 Å². The molecule has 4 rings (SSSR count). The summed E-state index contributed by atoms with van der Waals surface area (Å²) in [5.74, 6) is -0.342. The first-order valence-corrected chi connectivity index (χ1v) is 9.76. The molecule has 1 heterocycles. The molecule has 30 heavy (non-hydrogen) atoms. The molecule has 0 aromatic heterocycles. The van der Waals surface area contributed by atoms with E-state index in [-0.39, 0.29) is 10.7 Å². The summed E-state index contributed by atoms with van der Waals surface area (Å²) in [6.07, 6.45) is 1.55. The van der Waals surface area contributed by atoms with Crippen LogP contribution in [0.3, 0.4) is 0 Å². The Hall–Kier alpha value is -3.77. The second-order valence-corrected chi connectivity index (χ2v) is 7.03. The minimum Gasteiger partial charge on any atom is -0.489 e. The highest BCUT2D eigenvalue weighted by molar-refractivity contribution is 7.80. The van der Waals surface area contributed by atoms with E-state index in [2.05, 4.69) is 5.32 Å². The number of para-hydroxylation sites is 1. The van der Waals surface area contributed by atoms with Crippen molar-refractivity contribution in [2.45, 2.75) is 6.61 Å². The number of nitrogens with zero attached hydrogens (tertiary/aromatic N) is 1. The van der Waals surface area contributed by atoms with E-state index < -0.39 is 11.8 Å². The van der Waals surface area contributed by atoms with Gasteiger partial charge in [0.25, 0.3) is 11.8 Å². The standard InChI is InChI=1S/C24H18N2O3S/c27-22-21(23(28)26(24(30)25-22)19-11-5-2-6-12-19)15-18-10-7-13-20(14-18)29-16-17-8-3-1-4-9-17/h1-15H,16H2,(H,25,27,30)/b21-15+. The molecule has 1 saturated heterocycles. The number of carbonyl (C=O) groups is 2. The predicted octanol–water partition coefficient (Wildman–Crippen LogP) is 4.10. The Kier molecular flexibility index (Phi) is 5.68. The molecule has 0 aliphatic carbocycles. The zero-order valence-electron chi connectivity index (χ0n) is 15.9. The number of nitrogens with one attached hydrogen (secondary N) is 1. The van der Waals surface area contributed by atoms with Crippen molar-refractivity contribution in [1.29, 1.82) is 0 Å². The Bertz CT molecular complexity index is 1130. The predicted molar refractivity (Wildman–Crippen MR) is 120 cm³/mol. The lowest BCUT2D eigenvalue weighted by atomic mass is 10.1. The molecule has 0 radical (unpaired) electrons. The van der Waals surface area contributed by atoms with Crippen LogP contribution in [0.2, 0.25) is 0 Å². The largest absolute Gasteiger partial charge is 0.489 e. The minimum atomic E-state index is -0.521. The summed E-state index contributed by atoms with van der Waals surface area (Å²) in [7, 11) is 0. The molecule has 1 N–H and O–H groups in total. The van der Waals surface area contributed by atoms with E-state index in [9.17, 15) is 9.59 Å². The first kappa shape index (κ1) is 19.5. The van der Waals surface area contributed by atoms with E-state index in [1.165, 1.54) is 4.90 Å². The third-order valence-corrected chi connectivity index (χ3v) is 4.82. The Morgan fingerprint density at radius 1 is 0.900 bits per heavy atom. The van der Waals surface area contributed by atoms with Gasteiger partial charge in [-0.1, -0.05) is 60.7 Å². The molecule has 1 aliphatic heterocycles. The fourth-order valence-corrected chi connectivity index (χ4v) is 3.35. The number of carbonyl (C=O) groups excluding carboxylic acids is 2. The number of hydrogen-bond donors (Lipinski definition) is 1. The molecular formula is C24H18N2O3S. The van der Waals surface area contributed by atoms with Gasteiger partial charge in [0.15, 0.2) is 5.11 Å². The second kappa shape index (κ2) is 8.71. The van der Waals surface area contributed by atoms with Gasteiger partial charge in [-0.3, -0.25) is 19.8 Å². The van der Waals surface area contributed by atoms with Gasteiger partial charge >= 0.3 is 0 Å². The number of thiocarbonyl (C=S) groups is 1. The van der Waals surface area contributed by atoms with Crippen molar-refractivity contribution in [2.75, 3.05) is 4.90 Å². The molecule has 0 bridgehead atoms. The number of amides is 2. The van der Waals surface area contributed by atoms with Gasteiger partial charge in [-0.2, -0.15) is 0 Å². The molecule has 148 valence electrons.